The number of aromatic nitrogens is 2. The molecule has 0 unspecified atom stereocenters. The first kappa shape index (κ1) is 9.71. The van der Waals surface area contributed by atoms with Crippen molar-refractivity contribution in [3.63, 3.8) is 0 Å². The van der Waals surface area contributed by atoms with E-state index < -0.39 is 0 Å². The lowest BCUT2D eigenvalue weighted by atomic mass is 9.76. The van der Waals surface area contributed by atoms with Gasteiger partial charge in [-0.15, -0.1) is 10.2 Å². The Morgan fingerprint density at radius 2 is 2.21 bits per heavy atom. The van der Waals surface area contributed by atoms with E-state index in [9.17, 15) is 0 Å². The molecule has 4 heteroatoms. The van der Waals surface area contributed by atoms with Crippen molar-refractivity contribution in [2.45, 2.75) is 19.8 Å². The largest absolute Gasteiger partial charge is 0.368 e. The number of hydrogen-bond acceptors (Lipinski definition) is 3. The second-order valence-electron chi connectivity index (χ2n) is 4.06. The van der Waals surface area contributed by atoms with Crippen molar-refractivity contribution in [3.8, 4) is 0 Å². The van der Waals surface area contributed by atoms with Crippen molar-refractivity contribution in [1.82, 2.24) is 10.2 Å². The molecule has 0 aliphatic heterocycles. The van der Waals surface area contributed by atoms with Gasteiger partial charge in [0.25, 0.3) is 0 Å². The normalized spacial score (nSPS) is 25.6. The van der Waals surface area contributed by atoms with Gasteiger partial charge in [0.1, 0.15) is 5.82 Å². The van der Waals surface area contributed by atoms with Gasteiger partial charge in [-0.3, -0.25) is 0 Å². The molecule has 3 nitrogen and oxygen atoms in total. The van der Waals surface area contributed by atoms with Crippen LogP contribution in [0.3, 0.4) is 0 Å². The summed E-state index contributed by atoms with van der Waals surface area (Å²) in [6, 6.07) is 3.61. The number of halogens is 1. The Hall–Kier alpha value is -0.830. The number of nitrogens with zero attached hydrogens (tertiary/aromatic N) is 2. The van der Waals surface area contributed by atoms with Gasteiger partial charge < -0.3 is 5.32 Å². The van der Waals surface area contributed by atoms with E-state index in [0.29, 0.717) is 5.15 Å². The van der Waals surface area contributed by atoms with Gasteiger partial charge in [0.05, 0.1) is 0 Å². The van der Waals surface area contributed by atoms with Crippen LogP contribution in [0.2, 0.25) is 5.15 Å². The fourth-order valence-corrected chi connectivity index (χ4v) is 2.00. The Labute approximate surface area is 88.9 Å². The van der Waals surface area contributed by atoms with Crippen molar-refractivity contribution in [2.24, 2.45) is 11.8 Å². The predicted octanol–water partition coefficient (Wildman–Crippen LogP) is 2.59. The molecule has 1 aromatic heterocycles. The average Bonchev–Trinajstić information content (AvgIpc) is 2.13. The zero-order valence-corrected chi connectivity index (χ0v) is 8.96. The molecule has 0 saturated heterocycles. The van der Waals surface area contributed by atoms with Gasteiger partial charge in [-0.1, -0.05) is 18.5 Å². The highest BCUT2D eigenvalue weighted by atomic mass is 35.5. The minimum absolute atomic E-state index is 0.438. The molecule has 0 radical (unpaired) electrons. The molecule has 1 aliphatic rings. The quantitative estimate of drug-likeness (QED) is 0.835. The predicted molar refractivity (Wildman–Crippen MR) is 57.4 cm³/mol. The van der Waals surface area contributed by atoms with Crippen LogP contribution >= 0.6 is 11.6 Å². The molecule has 1 aliphatic carbocycles. The fourth-order valence-electron chi connectivity index (χ4n) is 1.89. The molecule has 0 amide bonds. The molecule has 0 aromatic carbocycles. The maximum atomic E-state index is 5.63. The number of rotatable bonds is 3. The Morgan fingerprint density at radius 1 is 1.43 bits per heavy atom. The van der Waals surface area contributed by atoms with E-state index >= 15 is 0 Å². The Bertz CT molecular complexity index is 293. The smallest absolute Gasteiger partial charge is 0.151 e. The molecular weight excluding hydrogens is 198 g/mol. The van der Waals surface area contributed by atoms with Crippen LogP contribution in [0.25, 0.3) is 0 Å². The molecule has 0 bridgehead atoms. The summed E-state index contributed by atoms with van der Waals surface area (Å²) in [7, 11) is 0. The van der Waals surface area contributed by atoms with Crippen LogP contribution in [0, 0.1) is 11.8 Å². The third-order valence-electron chi connectivity index (χ3n) is 2.68. The Balaban J connectivity index is 1.78. The van der Waals surface area contributed by atoms with Gasteiger partial charge in [0.2, 0.25) is 0 Å². The lowest BCUT2D eigenvalue weighted by molar-refractivity contribution is 0.225. The zero-order valence-electron chi connectivity index (χ0n) is 8.20. The first-order valence-electron chi connectivity index (χ1n) is 4.97. The highest BCUT2D eigenvalue weighted by Gasteiger charge is 2.24. The average molecular weight is 212 g/mol. The lowest BCUT2D eigenvalue weighted by Crippen LogP contribution is -2.27. The summed E-state index contributed by atoms with van der Waals surface area (Å²) < 4.78 is 0. The summed E-state index contributed by atoms with van der Waals surface area (Å²) in [5.41, 5.74) is 0. The molecule has 1 heterocycles. The number of hydrogen-bond donors (Lipinski definition) is 1. The molecule has 1 saturated carbocycles. The summed E-state index contributed by atoms with van der Waals surface area (Å²) in [5.74, 6) is 2.52. The van der Waals surface area contributed by atoms with Gasteiger partial charge in [-0.25, -0.2) is 0 Å². The second-order valence-corrected chi connectivity index (χ2v) is 4.45. The standard InChI is InChI=1S/C10H14ClN3/c1-7-4-8(5-7)6-12-10-3-2-9(11)13-14-10/h2-3,7-8H,4-6H2,1H3,(H,12,14). The fraction of sp³-hybridized carbons (Fsp3) is 0.600. The molecule has 76 valence electrons. The van der Waals surface area contributed by atoms with Crippen molar-refractivity contribution >= 4 is 17.4 Å². The van der Waals surface area contributed by atoms with E-state index in [-0.39, 0.29) is 0 Å². The van der Waals surface area contributed by atoms with Gasteiger partial charge >= 0.3 is 0 Å². The Morgan fingerprint density at radius 3 is 2.79 bits per heavy atom. The Kier molecular flexibility index (Phi) is 2.87. The molecule has 2 rings (SSSR count). The van der Waals surface area contributed by atoms with Gasteiger partial charge in [-0.2, -0.15) is 0 Å². The molecule has 1 aromatic rings. The minimum atomic E-state index is 0.438. The lowest BCUT2D eigenvalue weighted by Gasteiger charge is -2.32. The summed E-state index contributed by atoms with van der Waals surface area (Å²) >= 11 is 5.63. The molecule has 14 heavy (non-hydrogen) atoms. The van der Waals surface area contributed by atoms with Crippen LogP contribution in [0.1, 0.15) is 19.8 Å². The van der Waals surface area contributed by atoms with E-state index in [4.69, 9.17) is 11.6 Å². The summed E-state index contributed by atoms with van der Waals surface area (Å²) in [6.45, 7) is 3.29. The van der Waals surface area contributed by atoms with Crippen molar-refractivity contribution in [2.75, 3.05) is 11.9 Å². The van der Waals surface area contributed by atoms with Gasteiger partial charge in [0.15, 0.2) is 5.15 Å². The monoisotopic (exact) mass is 211 g/mol. The number of anilines is 1. The van der Waals surface area contributed by atoms with Gasteiger partial charge in [-0.05, 0) is 36.8 Å². The van der Waals surface area contributed by atoms with E-state index in [0.717, 1.165) is 24.2 Å². The maximum absolute atomic E-state index is 5.63. The number of nitrogens with one attached hydrogen (secondary N) is 1. The topological polar surface area (TPSA) is 37.8 Å². The van der Waals surface area contributed by atoms with E-state index in [1.165, 1.54) is 12.8 Å². The highest BCUT2D eigenvalue weighted by Crippen LogP contribution is 2.32. The summed E-state index contributed by atoms with van der Waals surface area (Å²) in [4.78, 5) is 0. The second kappa shape index (κ2) is 4.13. The first-order valence-corrected chi connectivity index (χ1v) is 5.35. The third-order valence-corrected chi connectivity index (χ3v) is 2.88. The third kappa shape index (κ3) is 2.35. The van der Waals surface area contributed by atoms with Crippen LogP contribution in [0.5, 0.6) is 0 Å². The SMILES string of the molecule is CC1CC(CNc2ccc(Cl)nn2)C1. The molecule has 0 spiro atoms. The molecular formula is C10H14ClN3. The zero-order chi connectivity index (χ0) is 9.97. The minimum Gasteiger partial charge on any atom is -0.368 e. The van der Waals surface area contributed by atoms with Crippen LogP contribution < -0.4 is 5.32 Å². The van der Waals surface area contributed by atoms with Gasteiger partial charge in [0, 0.05) is 6.54 Å². The molecule has 1 fully saturated rings. The van der Waals surface area contributed by atoms with Crippen LogP contribution in [0.15, 0.2) is 12.1 Å². The summed E-state index contributed by atoms with van der Waals surface area (Å²) in [6.07, 6.45) is 2.65. The summed E-state index contributed by atoms with van der Waals surface area (Å²) in [5, 5.41) is 11.4. The van der Waals surface area contributed by atoms with E-state index in [1.54, 1.807) is 6.07 Å². The van der Waals surface area contributed by atoms with Crippen molar-refractivity contribution < 1.29 is 0 Å². The van der Waals surface area contributed by atoms with Crippen LogP contribution in [-0.4, -0.2) is 16.7 Å². The van der Waals surface area contributed by atoms with Crippen molar-refractivity contribution in [1.29, 1.82) is 0 Å². The van der Waals surface area contributed by atoms with E-state index in [1.807, 2.05) is 6.07 Å². The van der Waals surface area contributed by atoms with Crippen LogP contribution in [0.4, 0.5) is 5.82 Å². The highest BCUT2D eigenvalue weighted by molar-refractivity contribution is 6.29. The van der Waals surface area contributed by atoms with E-state index in [2.05, 4.69) is 22.4 Å². The molecule has 1 N–H and O–H groups in total. The van der Waals surface area contributed by atoms with Crippen molar-refractivity contribution in [3.05, 3.63) is 17.3 Å². The maximum Gasteiger partial charge on any atom is 0.151 e. The molecule has 0 atom stereocenters. The van der Waals surface area contributed by atoms with Crippen LogP contribution in [-0.2, 0) is 0 Å². The first-order chi connectivity index (χ1) is 6.74.